The summed E-state index contributed by atoms with van der Waals surface area (Å²) in [6.45, 7) is 4.39. The molecule has 146 valence electrons. The van der Waals surface area contributed by atoms with E-state index in [1.54, 1.807) is 18.2 Å². The number of hydrogen-bond donors (Lipinski definition) is 1. The van der Waals surface area contributed by atoms with Crippen molar-refractivity contribution in [2.75, 3.05) is 19.6 Å². The van der Waals surface area contributed by atoms with Crippen LogP contribution in [0.25, 0.3) is 11.3 Å². The summed E-state index contributed by atoms with van der Waals surface area (Å²) in [5.74, 6) is 2.01. The number of carbonyl (C=O) groups is 1. The van der Waals surface area contributed by atoms with E-state index in [2.05, 4.69) is 15.4 Å². The van der Waals surface area contributed by atoms with Crippen LogP contribution in [0.5, 0.6) is 0 Å². The Bertz CT molecular complexity index is 942. The summed E-state index contributed by atoms with van der Waals surface area (Å²) >= 11 is 5.91. The highest BCUT2D eigenvalue weighted by Gasteiger charge is 2.27. The fraction of sp³-hybridized carbons (Fsp3) is 0.333. The second-order valence-electron chi connectivity index (χ2n) is 7.00. The topological polar surface area (TPSA) is 71.5 Å². The second kappa shape index (κ2) is 8.20. The molecule has 0 bridgehead atoms. The lowest BCUT2D eigenvalue weighted by molar-refractivity contribution is 0.0924. The van der Waals surface area contributed by atoms with Crippen molar-refractivity contribution in [1.82, 2.24) is 15.4 Å². The van der Waals surface area contributed by atoms with Gasteiger partial charge in [-0.15, -0.1) is 0 Å². The molecule has 1 aliphatic heterocycles. The molecule has 0 aliphatic carbocycles. The molecule has 7 heteroatoms. The summed E-state index contributed by atoms with van der Waals surface area (Å²) in [5.41, 5.74) is 1.07. The minimum Gasteiger partial charge on any atom is -0.465 e. The van der Waals surface area contributed by atoms with Crippen LogP contribution in [0, 0.1) is 6.92 Å². The number of hydrogen-bond acceptors (Lipinski definition) is 5. The third-order valence-corrected chi connectivity index (χ3v) is 5.25. The van der Waals surface area contributed by atoms with Gasteiger partial charge in [-0.25, -0.2) is 0 Å². The van der Waals surface area contributed by atoms with Gasteiger partial charge < -0.3 is 14.3 Å². The van der Waals surface area contributed by atoms with Gasteiger partial charge >= 0.3 is 0 Å². The minimum atomic E-state index is -0.267. The zero-order valence-corrected chi connectivity index (χ0v) is 16.4. The Kier molecular flexibility index (Phi) is 5.50. The van der Waals surface area contributed by atoms with Crippen molar-refractivity contribution in [2.45, 2.75) is 25.8 Å². The highest BCUT2D eigenvalue weighted by molar-refractivity contribution is 6.30. The molecule has 6 nitrogen and oxygen atoms in total. The van der Waals surface area contributed by atoms with Gasteiger partial charge in [-0.1, -0.05) is 16.8 Å². The molecule has 1 aliphatic rings. The van der Waals surface area contributed by atoms with Gasteiger partial charge in [0, 0.05) is 23.2 Å². The number of aryl methyl sites for hydroxylation is 1. The largest absolute Gasteiger partial charge is 0.465 e. The van der Waals surface area contributed by atoms with Crippen molar-refractivity contribution in [2.24, 2.45) is 0 Å². The lowest BCUT2D eigenvalue weighted by atomic mass is 10.1. The van der Waals surface area contributed by atoms with Crippen molar-refractivity contribution in [1.29, 1.82) is 0 Å². The Balaban J connectivity index is 1.44. The Morgan fingerprint density at radius 3 is 2.64 bits per heavy atom. The van der Waals surface area contributed by atoms with E-state index in [9.17, 15) is 4.79 Å². The predicted octanol–water partition coefficient (Wildman–Crippen LogP) is 4.46. The van der Waals surface area contributed by atoms with Crippen LogP contribution < -0.4 is 5.32 Å². The zero-order chi connectivity index (χ0) is 19.5. The maximum atomic E-state index is 12.6. The number of carbonyl (C=O) groups excluding carboxylic acids is 1. The summed E-state index contributed by atoms with van der Waals surface area (Å²) in [7, 11) is 0. The maximum Gasteiger partial charge on any atom is 0.273 e. The van der Waals surface area contributed by atoms with Gasteiger partial charge in [0.2, 0.25) is 0 Å². The standard InChI is InChI=1S/C21H22ClN3O3/c1-14-4-9-19(27-14)18(25-10-2-3-11-25)13-23-21(26)17-12-20(28-24-17)15-5-7-16(22)8-6-15/h4-9,12,18H,2-3,10-11,13H2,1H3,(H,23,26). The molecule has 1 saturated heterocycles. The van der Waals surface area contributed by atoms with E-state index >= 15 is 0 Å². The number of nitrogens with one attached hydrogen (secondary N) is 1. The summed E-state index contributed by atoms with van der Waals surface area (Å²) < 4.78 is 11.2. The summed E-state index contributed by atoms with van der Waals surface area (Å²) in [4.78, 5) is 14.9. The van der Waals surface area contributed by atoms with Crippen LogP contribution >= 0.6 is 11.6 Å². The number of furan rings is 1. The van der Waals surface area contributed by atoms with Crippen LogP contribution in [0.3, 0.4) is 0 Å². The van der Waals surface area contributed by atoms with E-state index in [0.717, 1.165) is 43.0 Å². The number of rotatable bonds is 6. The molecule has 0 spiro atoms. The Morgan fingerprint density at radius 2 is 1.96 bits per heavy atom. The predicted molar refractivity (Wildman–Crippen MR) is 106 cm³/mol. The molecule has 1 N–H and O–H groups in total. The molecule has 3 aromatic rings. The molecule has 1 aromatic carbocycles. The van der Waals surface area contributed by atoms with Crippen molar-refractivity contribution < 1.29 is 13.7 Å². The first-order chi connectivity index (χ1) is 13.6. The first-order valence-electron chi connectivity index (χ1n) is 9.41. The summed E-state index contributed by atoms with van der Waals surface area (Å²) in [6, 6.07) is 12.8. The molecule has 1 amide bonds. The Labute approximate surface area is 168 Å². The highest BCUT2D eigenvalue weighted by Crippen LogP contribution is 2.26. The third-order valence-electron chi connectivity index (χ3n) is 5.00. The van der Waals surface area contributed by atoms with Crippen molar-refractivity contribution in [3.8, 4) is 11.3 Å². The van der Waals surface area contributed by atoms with E-state index in [1.807, 2.05) is 31.2 Å². The molecule has 4 rings (SSSR count). The minimum absolute atomic E-state index is 0.0165. The van der Waals surface area contributed by atoms with E-state index in [0.29, 0.717) is 17.3 Å². The van der Waals surface area contributed by atoms with Gasteiger partial charge in [-0.3, -0.25) is 9.69 Å². The molecular weight excluding hydrogens is 378 g/mol. The summed E-state index contributed by atoms with van der Waals surface area (Å²) in [6.07, 6.45) is 2.33. The van der Waals surface area contributed by atoms with Crippen molar-refractivity contribution in [3.63, 3.8) is 0 Å². The first kappa shape index (κ1) is 18.8. The van der Waals surface area contributed by atoms with E-state index in [4.69, 9.17) is 20.5 Å². The number of benzene rings is 1. The van der Waals surface area contributed by atoms with Gasteiger partial charge in [0.15, 0.2) is 11.5 Å². The normalized spacial score (nSPS) is 15.6. The van der Waals surface area contributed by atoms with Crippen LogP contribution in [0.15, 0.2) is 51.4 Å². The first-order valence-corrected chi connectivity index (χ1v) is 9.79. The molecule has 1 fully saturated rings. The van der Waals surface area contributed by atoms with Gasteiger partial charge in [0.05, 0.1) is 6.04 Å². The summed E-state index contributed by atoms with van der Waals surface area (Å²) in [5, 5.41) is 7.52. The van der Waals surface area contributed by atoms with Gasteiger partial charge in [-0.05, 0) is 69.3 Å². The average molecular weight is 400 g/mol. The monoisotopic (exact) mass is 399 g/mol. The fourth-order valence-corrected chi connectivity index (χ4v) is 3.63. The lowest BCUT2D eigenvalue weighted by Gasteiger charge is -2.25. The fourth-order valence-electron chi connectivity index (χ4n) is 3.51. The average Bonchev–Trinajstić information content (AvgIpc) is 3.44. The van der Waals surface area contributed by atoms with Crippen LogP contribution in [-0.2, 0) is 0 Å². The zero-order valence-electron chi connectivity index (χ0n) is 15.7. The molecular formula is C21H22ClN3O3. The molecule has 28 heavy (non-hydrogen) atoms. The molecule has 0 saturated carbocycles. The Morgan fingerprint density at radius 1 is 1.21 bits per heavy atom. The number of aromatic nitrogens is 1. The van der Waals surface area contributed by atoms with Crippen molar-refractivity contribution >= 4 is 17.5 Å². The smallest absolute Gasteiger partial charge is 0.273 e. The number of amides is 1. The highest BCUT2D eigenvalue weighted by atomic mass is 35.5. The van der Waals surface area contributed by atoms with E-state index in [1.165, 1.54) is 0 Å². The number of halogens is 1. The number of likely N-dealkylation sites (tertiary alicyclic amines) is 1. The molecule has 2 aromatic heterocycles. The van der Waals surface area contributed by atoms with Crippen LogP contribution in [0.1, 0.15) is 40.9 Å². The van der Waals surface area contributed by atoms with Crippen LogP contribution in [-0.4, -0.2) is 35.6 Å². The quantitative estimate of drug-likeness (QED) is 0.662. The molecule has 3 heterocycles. The van der Waals surface area contributed by atoms with Gasteiger partial charge in [-0.2, -0.15) is 0 Å². The Hall–Kier alpha value is -2.57. The van der Waals surface area contributed by atoms with Gasteiger partial charge in [0.1, 0.15) is 11.5 Å². The third kappa shape index (κ3) is 4.13. The number of nitrogens with zero attached hydrogens (tertiary/aromatic N) is 2. The molecule has 1 atom stereocenters. The van der Waals surface area contributed by atoms with E-state index < -0.39 is 0 Å². The van der Waals surface area contributed by atoms with Crippen LogP contribution in [0.4, 0.5) is 0 Å². The van der Waals surface area contributed by atoms with Crippen molar-refractivity contribution in [3.05, 3.63) is 64.7 Å². The lowest BCUT2D eigenvalue weighted by Crippen LogP contribution is -2.36. The maximum absolute atomic E-state index is 12.6. The van der Waals surface area contributed by atoms with Crippen LogP contribution in [0.2, 0.25) is 5.02 Å². The second-order valence-corrected chi connectivity index (χ2v) is 7.44. The SMILES string of the molecule is Cc1ccc(C(CNC(=O)c2cc(-c3ccc(Cl)cc3)on2)N2CCCC2)o1. The van der Waals surface area contributed by atoms with E-state index in [-0.39, 0.29) is 17.6 Å². The molecule has 1 unspecified atom stereocenters. The molecule has 0 radical (unpaired) electrons. The van der Waals surface area contributed by atoms with Gasteiger partial charge in [0.25, 0.3) is 5.91 Å².